The predicted molar refractivity (Wildman–Crippen MR) is 66.4 cm³/mol. The van der Waals surface area contributed by atoms with E-state index in [1.165, 1.54) is 0 Å². The molecule has 2 aromatic rings. The number of nitrogens with zero attached hydrogens (tertiary/aromatic N) is 1. The van der Waals surface area contributed by atoms with Crippen molar-refractivity contribution in [1.82, 2.24) is 9.55 Å². The van der Waals surface area contributed by atoms with Crippen molar-refractivity contribution in [3.8, 4) is 5.69 Å². The lowest BCUT2D eigenvalue weighted by atomic mass is 10.2. The van der Waals surface area contributed by atoms with E-state index in [0.717, 1.165) is 16.9 Å². The summed E-state index contributed by atoms with van der Waals surface area (Å²) in [7, 11) is 1.69. The minimum absolute atomic E-state index is 0.585. The lowest BCUT2D eigenvalue weighted by Gasteiger charge is -2.08. The summed E-state index contributed by atoms with van der Waals surface area (Å²) in [4.78, 5) is 3.11. The number of para-hydroxylation sites is 1. The van der Waals surface area contributed by atoms with Crippen molar-refractivity contribution in [3.63, 3.8) is 0 Å². The van der Waals surface area contributed by atoms with Gasteiger partial charge in [-0.1, -0.05) is 18.2 Å². The number of nitrogens with one attached hydrogen (secondary N) is 1. The molecule has 0 aliphatic rings. The van der Waals surface area contributed by atoms with Crippen LogP contribution >= 0.6 is 12.2 Å². The highest BCUT2D eigenvalue weighted by molar-refractivity contribution is 7.71. The van der Waals surface area contributed by atoms with Crippen LogP contribution in [0, 0.1) is 11.7 Å². The number of hydrogen-bond donors (Lipinski definition) is 1. The maximum absolute atomic E-state index is 5.27. The highest BCUT2D eigenvalue weighted by atomic mass is 32.1. The first-order valence-electron chi connectivity index (χ1n) is 5.08. The minimum atomic E-state index is 0.585. The average Bonchev–Trinajstić information content (AvgIpc) is 2.59. The van der Waals surface area contributed by atoms with E-state index in [-0.39, 0.29) is 0 Å². The van der Waals surface area contributed by atoms with Gasteiger partial charge in [0.2, 0.25) is 0 Å². The lowest BCUT2D eigenvalue weighted by Crippen LogP contribution is -1.99. The molecular weight excluding hydrogens is 220 g/mol. The minimum Gasteiger partial charge on any atom is -0.380 e. The maximum Gasteiger partial charge on any atom is 0.181 e. The Morgan fingerprint density at radius 1 is 1.38 bits per heavy atom. The van der Waals surface area contributed by atoms with Crippen molar-refractivity contribution in [1.29, 1.82) is 0 Å². The number of benzene rings is 1. The zero-order chi connectivity index (χ0) is 11.5. The summed E-state index contributed by atoms with van der Waals surface area (Å²) in [5, 5.41) is 0. The van der Waals surface area contributed by atoms with Gasteiger partial charge < -0.3 is 9.72 Å². The number of aromatic nitrogens is 2. The van der Waals surface area contributed by atoms with Gasteiger partial charge >= 0.3 is 0 Å². The number of hydrogen-bond acceptors (Lipinski definition) is 2. The van der Waals surface area contributed by atoms with E-state index in [2.05, 4.69) is 4.98 Å². The number of imidazole rings is 1. The molecular formula is C12H14N2OS. The van der Waals surface area contributed by atoms with E-state index in [9.17, 15) is 0 Å². The summed E-state index contributed by atoms with van der Waals surface area (Å²) in [5.41, 5.74) is 3.25. The maximum atomic E-state index is 5.27. The number of ether oxygens (including phenoxy) is 1. The summed E-state index contributed by atoms with van der Waals surface area (Å²) >= 11 is 5.27. The van der Waals surface area contributed by atoms with Gasteiger partial charge in [-0.3, -0.25) is 4.57 Å². The average molecular weight is 234 g/mol. The Bertz CT molecular complexity index is 542. The van der Waals surface area contributed by atoms with Crippen LogP contribution in [0.4, 0.5) is 0 Å². The largest absolute Gasteiger partial charge is 0.380 e. The van der Waals surface area contributed by atoms with Gasteiger partial charge in [0, 0.05) is 24.6 Å². The molecule has 3 nitrogen and oxygen atoms in total. The van der Waals surface area contributed by atoms with Crippen molar-refractivity contribution in [2.45, 2.75) is 13.5 Å². The van der Waals surface area contributed by atoms with Crippen LogP contribution in [-0.2, 0) is 11.3 Å². The number of methoxy groups -OCH3 is 1. The van der Waals surface area contributed by atoms with E-state index in [0.29, 0.717) is 11.4 Å². The van der Waals surface area contributed by atoms with Crippen molar-refractivity contribution in [2.75, 3.05) is 7.11 Å². The summed E-state index contributed by atoms with van der Waals surface area (Å²) < 4.78 is 7.86. The second kappa shape index (κ2) is 4.63. The third-order valence-corrected chi connectivity index (χ3v) is 2.70. The first kappa shape index (κ1) is 11.1. The number of aryl methyl sites for hydroxylation is 1. The van der Waals surface area contributed by atoms with Gasteiger partial charge in [-0.05, 0) is 25.2 Å². The summed E-state index contributed by atoms with van der Waals surface area (Å²) in [6, 6.07) is 8.08. The van der Waals surface area contributed by atoms with Crippen LogP contribution in [0.1, 0.15) is 11.3 Å². The molecule has 0 radical (unpaired) electrons. The van der Waals surface area contributed by atoms with Gasteiger partial charge in [0.15, 0.2) is 4.77 Å². The van der Waals surface area contributed by atoms with Gasteiger partial charge in [0.1, 0.15) is 0 Å². The van der Waals surface area contributed by atoms with Crippen molar-refractivity contribution in [2.24, 2.45) is 0 Å². The highest BCUT2D eigenvalue weighted by Gasteiger charge is 2.05. The van der Waals surface area contributed by atoms with E-state index in [4.69, 9.17) is 17.0 Å². The summed E-state index contributed by atoms with van der Waals surface area (Å²) in [6.07, 6.45) is 2.00. The highest BCUT2D eigenvalue weighted by Crippen LogP contribution is 2.16. The fourth-order valence-electron chi connectivity index (χ4n) is 1.72. The molecule has 2 rings (SSSR count). The molecule has 1 aromatic heterocycles. The van der Waals surface area contributed by atoms with Crippen LogP contribution in [0.25, 0.3) is 5.69 Å². The van der Waals surface area contributed by atoms with Gasteiger partial charge in [-0.15, -0.1) is 0 Å². The fourth-order valence-corrected chi connectivity index (χ4v) is 2.03. The summed E-state index contributed by atoms with van der Waals surface area (Å²) in [6.45, 7) is 2.58. The van der Waals surface area contributed by atoms with Crippen molar-refractivity contribution in [3.05, 3.63) is 46.5 Å². The topological polar surface area (TPSA) is 29.9 Å². The standard InChI is InChI=1S/C12H14N2OS/c1-9-7-14(12(16)13-9)11-6-4-3-5-10(11)8-15-2/h3-7H,8H2,1-2H3,(H,13,16). The monoisotopic (exact) mass is 234 g/mol. The lowest BCUT2D eigenvalue weighted by molar-refractivity contribution is 0.185. The van der Waals surface area contributed by atoms with Gasteiger partial charge in [-0.25, -0.2) is 0 Å². The number of rotatable bonds is 3. The molecule has 0 aliphatic heterocycles. The predicted octanol–water partition coefficient (Wildman–Crippen LogP) is 2.99. The Morgan fingerprint density at radius 2 is 2.12 bits per heavy atom. The van der Waals surface area contributed by atoms with Crippen LogP contribution in [0.3, 0.4) is 0 Å². The molecule has 0 saturated carbocycles. The molecule has 16 heavy (non-hydrogen) atoms. The molecule has 0 atom stereocenters. The Labute approximate surface area is 99.7 Å². The number of H-pyrrole nitrogens is 1. The molecule has 4 heteroatoms. The quantitative estimate of drug-likeness (QED) is 0.827. The van der Waals surface area contributed by atoms with Crippen molar-refractivity contribution < 1.29 is 4.74 Å². The molecule has 0 saturated heterocycles. The Hall–Kier alpha value is -1.39. The van der Waals surface area contributed by atoms with Crippen LogP contribution in [0.5, 0.6) is 0 Å². The van der Waals surface area contributed by atoms with E-state index in [1.807, 2.05) is 42.0 Å². The molecule has 1 aromatic carbocycles. The molecule has 0 unspecified atom stereocenters. The van der Waals surface area contributed by atoms with E-state index in [1.54, 1.807) is 7.11 Å². The van der Waals surface area contributed by atoms with E-state index >= 15 is 0 Å². The SMILES string of the molecule is COCc1ccccc1-n1cc(C)[nH]c1=S. The van der Waals surface area contributed by atoms with Gasteiger partial charge in [-0.2, -0.15) is 0 Å². The Morgan fingerprint density at radius 3 is 2.75 bits per heavy atom. The molecule has 0 bridgehead atoms. The van der Waals surface area contributed by atoms with Crippen LogP contribution in [0.15, 0.2) is 30.5 Å². The Balaban J connectivity index is 2.55. The third-order valence-electron chi connectivity index (χ3n) is 2.40. The van der Waals surface area contributed by atoms with E-state index < -0.39 is 0 Å². The first-order chi connectivity index (χ1) is 7.72. The first-order valence-corrected chi connectivity index (χ1v) is 5.48. The zero-order valence-corrected chi connectivity index (χ0v) is 10.2. The molecule has 1 heterocycles. The number of aromatic amines is 1. The molecule has 84 valence electrons. The van der Waals surface area contributed by atoms with Crippen molar-refractivity contribution >= 4 is 12.2 Å². The van der Waals surface area contributed by atoms with Crippen LogP contribution in [-0.4, -0.2) is 16.7 Å². The molecule has 0 amide bonds. The fraction of sp³-hybridized carbons (Fsp3) is 0.250. The molecule has 0 fully saturated rings. The van der Waals surface area contributed by atoms with Gasteiger partial charge in [0.25, 0.3) is 0 Å². The normalized spacial score (nSPS) is 10.6. The second-order valence-electron chi connectivity index (χ2n) is 3.67. The zero-order valence-electron chi connectivity index (χ0n) is 9.36. The molecule has 0 spiro atoms. The van der Waals surface area contributed by atoms with Gasteiger partial charge in [0.05, 0.1) is 12.3 Å². The second-order valence-corrected chi connectivity index (χ2v) is 4.06. The molecule has 0 aliphatic carbocycles. The third kappa shape index (κ3) is 2.08. The van der Waals surface area contributed by atoms with Crippen LogP contribution < -0.4 is 0 Å². The molecule has 1 N–H and O–H groups in total. The smallest absolute Gasteiger partial charge is 0.181 e. The Kier molecular flexibility index (Phi) is 3.22. The summed E-state index contributed by atoms with van der Waals surface area (Å²) in [5.74, 6) is 0. The van der Waals surface area contributed by atoms with Crippen LogP contribution in [0.2, 0.25) is 0 Å².